The lowest BCUT2D eigenvalue weighted by atomic mass is 9.96. The van der Waals surface area contributed by atoms with E-state index in [4.69, 9.17) is 14.9 Å². The molecule has 6 nitrogen and oxygen atoms in total. The molecular weight excluding hydrogens is 364 g/mol. The van der Waals surface area contributed by atoms with Gasteiger partial charge in [-0.1, -0.05) is 18.7 Å². The Morgan fingerprint density at radius 2 is 1.97 bits per heavy atom. The van der Waals surface area contributed by atoms with Gasteiger partial charge >= 0.3 is 0 Å². The van der Waals surface area contributed by atoms with Gasteiger partial charge in [-0.25, -0.2) is 4.98 Å². The first-order valence-electron chi connectivity index (χ1n) is 10.1. The maximum Gasteiger partial charge on any atom is 0.137 e. The normalized spacial score (nSPS) is 14.3. The van der Waals surface area contributed by atoms with Crippen molar-refractivity contribution in [2.45, 2.75) is 32.7 Å². The third-order valence-electron chi connectivity index (χ3n) is 5.02. The highest BCUT2D eigenvalue weighted by Crippen LogP contribution is 2.32. The highest BCUT2D eigenvalue weighted by Gasteiger charge is 2.18. The molecule has 0 amide bonds. The zero-order valence-electron chi connectivity index (χ0n) is 17.5. The average molecular weight is 395 g/mol. The van der Waals surface area contributed by atoms with E-state index in [0.29, 0.717) is 35.6 Å². The van der Waals surface area contributed by atoms with Crippen LogP contribution in [0.1, 0.15) is 37.9 Å². The minimum Gasteiger partial charge on any atom is -0.492 e. The molecule has 154 valence electrons. The van der Waals surface area contributed by atoms with Gasteiger partial charge in [-0.2, -0.15) is 0 Å². The highest BCUT2D eigenvalue weighted by atomic mass is 16.5. The molecule has 3 rings (SSSR count). The third-order valence-corrected chi connectivity index (χ3v) is 5.02. The molecule has 0 radical (unpaired) electrons. The maximum atomic E-state index is 8.28. The molecule has 1 fully saturated rings. The summed E-state index contributed by atoms with van der Waals surface area (Å²) < 4.78 is 11.0. The molecule has 0 bridgehead atoms. The van der Waals surface area contributed by atoms with E-state index < -0.39 is 0 Å². The minimum absolute atomic E-state index is 0.451. The van der Waals surface area contributed by atoms with Crippen LogP contribution in [0.2, 0.25) is 0 Å². The first kappa shape index (κ1) is 20.9. The first-order valence-corrected chi connectivity index (χ1v) is 10.1. The molecule has 1 aliphatic heterocycles. The number of ether oxygens (including phenoxy) is 2. The van der Waals surface area contributed by atoms with Gasteiger partial charge in [0.25, 0.3) is 0 Å². The van der Waals surface area contributed by atoms with Crippen LogP contribution in [0, 0.1) is 5.41 Å². The van der Waals surface area contributed by atoms with Gasteiger partial charge in [0.1, 0.15) is 17.3 Å². The van der Waals surface area contributed by atoms with Gasteiger partial charge < -0.3 is 25.5 Å². The number of hydrogen-bond acceptors (Lipinski definition) is 6. The summed E-state index contributed by atoms with van der Waals surface area (Å²) in [5, 5.41) is 15.0. The van der Waals surface area contributed by atoms with E-state index in [0.717, 1.165) is 48.4 Å². The Kier molecular flexibility index (Phi) is 6.88. The number of nitrogens with zero attached hydrogens (tertiary/aromatic N) is 1. The van der Waals surface area contributed by atoms with E-state index in [2.05, 4.69) is 46.5 Å². The summed E-state index contributed by atoms with van der Waals surface area (Å²) in [6.07, 6.45) is 2.05. The Morgan fingerprint density at radius 1 is 1.28 bits per heavy atom. The quantitative estimate of drug-likeness (QED) is 0.444. The van der Waals surface area contributed by atoms with Crippen molar-refractivity contribution in [1.29, 1.82) is 5.41 Å². The van der Waals surface area contributed by atoms with E-state index in [-0.39, 0.29) is 0 Å². The van der Waals surface area contributed by atoms with Crippen LogP contribution in [0.15, 0.2) is 36.9 Å². The molecule has 2 heterocycles. The van der Waals surface area contributed by atoms with Gasteiger partial charge in [0.15, 0.2) is 0 Å². The Bertz CT molecular complexity index is 871. The van der Waals surface area contributed by atoms with Crippen molar-refractivity contribution in [3.8, 4) is 11.1 Å². The fourth-order valence-corrected chi connectivity index (χ4v) is 3.55. The van der Waals surface area contributed by atoms with Crippen LogP contribution in [-0.2, 0) is 9.47 Å². The molecule has 1 aliphatic rings. The van der Waals surface area contributed by atoms with Crippen LogP contribution >= 0.6 is 0 Å². The molecule has 0 atom stereocenters. The number of anilines is 2. The van der Waals surface area contributed by atoms with Crippen molar-refractivity contribution in [3.63, 3.8) is 0 Å². The molecule has 0 aliphatic carbocycles. The van der Waals surface area contributed by atoms with Crippen molar-refractivity contribution >= 4 is 23.0 Å². The number of rotatable bonds is 8. The van der Waals surface area contributed by atoms with Gasteiger partial charge in [0, 0.05) is 43.3 Å². The SMILES string of the molecule is C=C(OCC)c1cc(-c2ccc(NC3CCOCC3)cc2)c(C(C)=N)c(NC)n1. The third kappa shape index (κ3) is 4.95. The van der Waals surface area contributed by atoms with Gasteiger partial charge in [0.05, 0.1) is 6.61 Å². The highest BCUT2D eigenvalue weighted by molar-refractivity contribution is 6.07. The lowest BCUT2D eigenvalue weighted by molar-refractivity contribution is 0.0904. The van der Waals surface area contributed by atoms with Crippen LogP contribution in [0.4, 0.5) is 11.5 Å². The minimum atomic E-state index is 0.451. The summed E-state index contributed by atoms with van der Waals surface area (Å²) >= 11 is 0. The first-order chi connectivity index (χ1) is 14.0. The number of hydrogen-bond donors (Lipinski definition) is 3. The molecule has 0 spiro atoms. The molecule has 1 aromatic carbocycles. The molecule has 1 saturated heterocycles. The smallest absolute Gasteiger partial charge is 0.137 e. The van der Waals surface area contributed by atoms with Crippen LogP contribution in [-0.4, -0.2) is 43.6 Å². The number of benzene rings is 1. The molecule has 29 heavy (non-hydrogen) atoms. The summed E-state index contributed by atoms with van der Waals surface area (Å²) in [5.41, 5.74) is 4.95. The summed E-state index contributed by atoms with van der Waals surface area (Å²) in [6.45, 7) is 9.85. The van der Waals surface area contributed by atoms with Crippen LogP contribution in [0.25, 0.3) is 16.9 Å². The lowest BCUT2D eigenvalue weighted by Crippen LogP contribution is -2.27. The summed E-state index contributed by atoms with van der Waals surface area (Å²) in [7, 11) is 1.81. The van der Waals surface area contributed by atoms with Gasteiger partial charge in [-0.15, -0.1) is 0 Å². The van der Waals surface area contributed by atoms with E-state index in [1.54, 1.807) is 6.92 Å². The van der Waals surface area contributed by atoms with Crippen LogP contribution in [0.3, 0.4) is 0 Å². The van der Waals surface area contributed by atoms with Crippen molar-refractivity contribution in [1.82, 2.24) is 4.98 Å². The predicted molar refractivity (Wildman–Crippen MR) is 120 cm³/mol. The molecule has 0 saturated carbocycles. The summed E-state index contributed by atoms with van der Waals surface area (Å²) in [5.74, 6) is 1.17. The van der Waals surface area contributed by atoms with Crippen molar-refractivity contribution in [2.75, 3.05) is 37.5 Å². The predicted octanol–water partition coefficient (Wildman–Crippen LogP) is 4.78. The zero-order chi connectivity index (χ0) is 20.8. The number of nitrogens with one attached hydrogen (secondary N) is 3. The van der Waals surface area contributed by atoms with Crippen molar-refractivity contribution in [2.24, 2.45) is 0 Å². The fourth-order valence-electron chi connectivity index (χ4n) is 3.55. The molecule has 0 unspecified atom stereocenters. The van der Waals surface area contributed by atoms with Crippen LogP contribution < -0.4 is 10.6 Å². The van der Waals surface area contributed by atoms with Gasteiger partial charge in [-0.05, 0) is 56.0 Å². The Hall–Kier alpha value is -2.86. The summed E-state index contributed by atoms with van der Waals surface area (Å²) in [6, 6.07) is 10.7. The largest absolute Gasteiger partial charge is 0.492 e. The second kappa shape index (κ2) is 9.56. The fraction of sp³-hybridized carbons (Fsp3) is 0.391. The molecule has 3 N–H and O–H groups in total. The second-order valence-corrected chi connectivity index (χ2v) is 7.12. The molecular formula is C23H30N4O2. The van der Waals surface area contributed by atoms with E-state index in [1.165, 1.54) is 0 Å². The van der Waals surface area contributed by atoms with Crippen LogP contribution in [0.5, 0.6) is 0 Å². The van der Waals surface area contributed by atoms with Gasteiger partial charge in [0.2, 0.25) is 0 Å². The van der Waals surface area contributed by atoms with Crippen molar-refractivity contribution in [3.05, 3.63) is 48.2 Å². The number of aromatic nitrogens is 1. The van der Waals surface area contributed by atoms with E-state index in [9.17, 15) is 0 Å². The standard InChI is InChI=1S/C23H30N4O2/c1-5-29-16(3)21-14-20(22(15(2)24)23(25-4)27-21)17-6-8-18(9-7-17)26-19-10-12-28-13-11-19/h6-9,14,19,24,26H,3,5,10-13H2,1-2,4H3,(H,25,27). The van der Waals surface area contributed by atoms with E-state index >= 15 is 0 Å². The topological polar surface area (TPSA) is 79.3 Å². The average Bonchev–Trinajstić information content (AvgIpc) is 2.74. The molecule has 6 heteroatoms. The Morgan fingerprint density at radius 3 is 2.55 bits per heavy atom. The monoisotopic (exact) mass is 394 g/mol. The van der Waals surface area contributed by atoms with Gasteiger partial charge in [-0.3, -0.25) is 0 Å². The Labute approximate surface area is 172 Å². The van der Waals surface area contributed by atoms with E-state index in [1.807, 2.05) is 20.0 Å². The zero-order valence-corrected chi connectivity index (χ0v) is 17.5. The molecule has 2 aromatic rings. The summed E-state index contributed by atoms with van der Waals surface area (Å²) in [4.78, 5) is 4.61. The maximum absolute atomic E-state index is 8.28. The van der Waals surface area contributed by atoms with Crippen molar-refractivity contribution < 1.29 is 9.47 Å². The Balaban J connectivity index is 1.95. The number of pyridine rings is 1. The second-order valence-electron chi connectivity index (χ2n) is 7.12. The lowest BCUT2D eigenvalue weighted by Gasteiger charge is -2.24. The molecule has 1 aromatic heterocycles.